The van der Waals surface area contributed by atoms with Crippen molar-refractivity contribution in [3.63, 3.8) is 0 Å². The second-order valence-corrected chi connectivity index (χ2v) is 9.83. The van der Waals surface area contributed by atoms with E-state index in [1.807, 2.05) is 72.8 Å². The molecule has 4 aromatic carbocycles. The van der Waals surface area contributed by atoms with Crippen LogP contribution in [0.5, 0.6) is 11.5 Å². The maximum Gasteiger partial charge on any atom is 0.363 e. The highest BCUT2D eigenvalue weighted by Crippen LogP contribution is 2.38. The molecule has 0 amide bonds. The van der Waals surface area contributed by atoms with Gasteiger partial charge in [-0.25, -0.2) is 9.79 Å². The predicted molar refractivity (Wildman–Crippen MR) is 149 cm³/mol. The first-order chi connectivity index (χ1) is 17.0. The zero-order chi connectivity index (χ0) is 24.4. The fourth-order valence-corrected chi connectivity index (χ4v) is 4.86. The summed E-state index contributed by atoms with van der Waals surface area (Å²) in [6, 6.07) is 25.6. The van der Waals surface area contributed by atoms with E-state index in [1.54, 1.807) is 19.3 Å². The molecule has 0 saturated heterocycles. The molecule has 5 rings (SSSR count). The number of rotatable bonds is 6. The number of ether oxygens (including phenoxy) is 3. The van der Waals surface area contributed by atoms with E-state index in [2.05, 4.69) is 43.5 Å². The van der Waals surface area contributed by atoms with Gasteiger partial charge in [-0.3, -0.25) is 0 Å². The fraction of sp³-hybridized carbons (Fsp3) is 0.0714. The Morgan fingerprint density at radius 1 is 1.00 bits per heavy atom. The van der Waals surface area contributed by atoms with E-state index in [4.69, 9.17) is 14.2 Å². The predicted octanol–water partition coefficient (Wildman–Crippen LogP) is 7.14. The third kappa shape index (κ3) is 5.11. The van der Waals surface area contributed by atoms with Gasteiger partial charge in [0, 0.05) is 14.7 Å². The van der Waals surface area contributed by atoms with Crippen molar-refractivity contribution >= 4 is 67.2 Å². The molecule has 5 nitrogen and oxygen atoms in total. The highest BCUT2D eigenvalue weighted by Gasteiger charge is 2.25. The Bertz CT molecular complexity index is 1510. The maximum absolute atomic E-state index is 12.6. The van der Waals surface area contributed by atoms with Crippen molar-refractivity contribution < 1.29 is 19.0 Å². The van der Waals surface area contributed by atoms with Crippen LogP contribution >= 0.6 is 38.5 Å². The van der Waals surface area contributed by atoms with Crippen LogP contribution in [-0.4, -0.2) is 19.0 Å². The van der Waals surface area contributed by atoms with Gasteiger partial charge in [0.2, 0.25) is 5.90 Å². The summed E-state index contributed by atoms with van der Waals surface area (Å²) in [6.45, 7) is 0.403. The molecule has 0 fully saturated rings. The molecular formula is C28H19BrINO4. The lowest BCUT2D eigenvalue weighted by Gasteiger charge is -2.14. The zero-order valence-corrected chi connectivity index (χ0v) is 22.4. The number of esters is 1. The number of nitrogens with zero attached hydrogens (tertiary/aromatic N) is 1. The highest BCUT2D eigenvalue weighted by atomic mass is 127. The first kappa shape index (κ1) is 23.6. The number of aliphatic imine (C=N–C) groups is 1. The Balaban J connectivity index is 1.42. The van der Waals surface area contributed by atoms with E-state index < -0.39 is 5.97 Å². The van der Waals surface area contributed by atoms with Gasteiger partial charge in [-0.2, -0.15) is 0 Å². The van der Waals surface area contributed by atoms with E-state index >= 15 is 0 Å². The van der Waals surface area contributed by atoms with E-state index in [1.165, 1.54) is 0 Å². The first-order valence-electron chi connectivity index (χ1n) is 10.8. The Morgan fingerprint density at radius 3 is 2.57 bits per heavy atom. The molecule has 174 valence electrons. The molecule has 1 heterocycles. The van der Waals surface area contributed by atoms with Crippen LogP contribution in [0.4, 0.5) is 0 Å². The maximum atomic E-state index is 12.6. The number of methoxy groups -OCH3 is 1. The van der Waals surface area contributed by atoms with Gasteiger partial charge in [-0.05, 0) is 91.3 Å². The minimum absolute atomic E-state index is 0.217. The Morgan fingerprint density at radius 2 is 1.77 bits per heavy atom. The van der Waals surface area contributed by atoms with Crippen molar-refractivity contribution in [1.82, 2.24) is 0 Å². The van der Waals surface area contributed by atoms with Crippen molar-refractivity contribution in [2.45, 2.75) is 6.61 Å². The summed E-state index contributed by atoms with van der Waals surface area (Å²) < 4.78 is 18.9. The molecular weight excluding hydrogens is 621 g/mol. The molecule has 7 heteroatoms. The molecule has 1 aliphatic heterocycles. The third-order valence-electron chi connectivity index (χ3n) is 5.50. The number of hydrogen-bond acceptors (Lipinski definition) is 5. The first-order valence-corrected chi connectivity index (χ1v) is 12.6. The van der Waals surface area contributed by atoms with Crippen molar-refractivity contribution in [2.75, 3.05) is 7.11 Å². The van der Waals surface area contributed by atoms with Crippen LogP contribution in [0.2, 0.25) is 0 Å². The van der Waals surface area contributed by atoms with Gasteiger partial charge in [0.05, 0.1) is 11.6 Å². The topological polar surface area (TPSA) is 57.1 Å². The Hall–Kier alpha value is -3.17. The van der Waals surface area contributed by atoms with Gasteiger partial charge in [0.15, 0.2) is 17.2 Å². The lowest BCUT2D eigenvalue weighted by atomic mass is 10.1. The smallest absolute Gasteiger partial charge is 0.363 e. The van der Waals surface area contributed by atoms with Crippen molar-refractivity contribution in [3.8, 4) is 11.5 Å². The second-order valence-electron chi connectivity index (χ2n) is 7.81. The third-order valence-corrected chi connectivity index (χ3v) is 7.14. The van der Waals surface area contributed by atoms with E-state index in [0.29, 0.717) is 22.6 Å². The van der Waals surface area contributed by atoms with Gasteiger partial charge in [-0.15, -0.1) is 0 Å². The monoisotopic (exact) mass is 639 g/mol. The number of hydrogen-bond donors (Lipinski definition) is 0. The average Bonchev–Trinajstić information content (AvgIpc) is 3.23. The normalized spacial score (nSPS) is 14.2. The van der Waals surface area contributed by atoms with Crippen LogP contribution in [-0.2, 0) is 16.1 Å². The van der Waals surface area contributed by atoms with Gasteiger partial charge < -0.3 is 14.2 Å². The lowest BCUT2D eigenvalue weighted by molar-refractivity contribution is -0.129. The molecule has 0 N–H and O–H groups in total. The highest BCUT2D eigenvalue weighted by molar-refractivity contribution is 14.1. The van der Waals surface area contributed by atoms with Crippen LogP contribution in [0.1, 0.15) is 16.7 Å². The Kier molecular flexibility index (Phi) is 6.88. The molecule has 1 aliphatic rings. The lowest BCUT2D eigenvalue weighted by Crippen LogP contribution is -2.05. The summed E-state index contributed by atoms with van der Waals surface area (Å²) >= 11 is 5.87. The van der Waals surface area contributed by atoms with Gasteiger partial charge in [-0.1, -0.05) is 48.5 Å². The molecule has 0 bridgehead atoms. The van der Waals surface area contributed by atoms with Crippen molar-refractivity contribution in [1.29, 1.82) is 0 Å². The van der Waals surface area contributed by atoms with Crippen molar-refractivity contribution in [2.24, 2.45) is 4.99 Å². The molecule has 4 aromatic rings. The molecule has 0 saturated carbocycles. The molecule has 0 unspecified atom stereocenters. The summed E-state index contributed by atoms with van der Waals surface area (Å²) in [5.74, 6) is 0.920. The fourth-order valence-electron chi connectivity index (χ4n) is 3.74. The minimum atomic E-state index is -0.498. The van der Waals surface area contributed by atoms with Crippen LogP contribution in [0.15, 0.2) is 94.0 Å². The standard InChI is InChI=1S/C28H19BrINO4/c1-33-25-14-17(12-22(29)26(25)34-16-21-8-4-5-9-23(21)30)13-24-28(32)35-27(31-24)20-11-10-18-6-2-3-7-19(18)15-20/h2-15H,16H2,1H3/b24-13-. The van der Waals surface area contributed by atoms with E-state index in [9.17, 15) is 4.79 Å². The van der Waals surface area contributed by atoms with Crippen LogP contribution in [0.25, 0.3) is 16.8 Å². The quantitative estimate of drug-likeness (QED) is 0.128. The zero-order valence-electron chi connectivity index (χ0n) is 18.6. The van der Waals surface area contributed by atoms with Gasteiger partial charge >= 0.3 is 5.97 Å². The molecule has 0 radical (unpaired) electrons. The second kappa shape index (κ2) is 10.2. The Labute approximate surface area is 224 Å². The summed E-state index contributed by atoms with van der Waals surface area (Å²) in [5.41, 5.74) is 2.77. The molecule has 0 aromatic heterocycles. The van der Waals surface area contributed by atoms with Gasteiger partial charge in [0.1, 0.15) is 6.61 Å². The largest absolute Gasteiger partial charge is 0.493 e. The van der Waals surface area contributed by atoms with Crippen LogP contribution in [0, 0.1) is 3.57 Å². The summed E-state index contributed by atoms with van der Waals surface area (Å²) in [4.78, 5) is 17.0. The molecule has 0 aliphatic carbocycles. The van der Waals surface area contributed by atoms with Gasteiger partial charge in [0.25, 0.3) is 0 Å². The minimum Gasteiger partial charge on any atom is -0.493 e. The molecule has 0 atom stereocenters. The number of cyclic esters (lactones) is 1. The molecule has 35 heavy (non-hydrogen) atoms. The summed E-state index contributed by atoms with van der Waals surface area (Å²) in [6.07, 6.45) is 1.67. The number of halogens is 2. The van der Waals surface area contributed by atoms with E-state index in [0.717, 1.165) is 31.0 Å². The SMILES string of the molecule is COc1cc(/C=C2\N=C(c3ccc4ccccc4c3)OC2=O)cc(Br)c1OCc1ccccc1I. The number of carbonyl (C=O) groups is 1. The number of fused-ring (bicyclic) bond motifs is 1. The molecule has 0 spiro atoms. The van der Waals surface area contributed by atoms with Crippen LogP contribution in [0.3, 0.4) is 0 Å². The van der Waals surface area contributed by atoms with E-state index in [-0.39, 0.29) is 11.6 Å². The summed E-state index contributed by atoms with van der Waals surface area (Å²) in [5, 5.41) is 2.16. The average molecular weight is 640 g/mol. The summed E-state index contributed by atoms with van der Waals surface area (Å²) in [7, 11) is 1.58. The number of benzene rings is 4. The number of carbonyl (C=O) groups excluding carboxylic acids is 1. The van der Waals surface area contributed by atoms with Crippen LogP contribution < -0.4 is 9.47 Å². The van der Waals surface area contributed by atoms with Crippen molar-refractivity contribution in [3.05, 3.63) is 109 Å².